The topological polar surface area (TPSA) is 9.23 Å². The number of benzene rings is 2. The van der Waals surface area contributed by atoms with Crippen molar-refractivity contribution in [3.8, 4) is 5.75 Å². The van der Waals surface area contributed by atoms with Gasteiger partial charge in [0, 0.05) is 0 Å². The van der Waals surface area contributed by atoms with E-state index in [-0.39, 0.29) is 44.3 Å². The molecule has 0 spiro atoms. The Morgan fingerprint density at radius 2 is 1.93 bits per heavy atom. The Hall–Kier alpha value is -0.0979. The number of fused-ring (bicyclic) bond motifs is 1. The van der Waals surface area contributed by atoms with Crippen molar-refractivity contribution in [3.63, 3.8) is 0 Å². The van der Waals surface area contributed by atoms with Crippen LogP contribution in [-0.4, -0.2) is 7.11 Å². The predicted molar refractivity (Wildman–Crippen MR) is 49.3 cm³/mol. The molecule has 0 aliphatic heterocycles. The first kappa shape index (κ1) is 13.9. The molecule has 0 saturated carbocycles. The Labute approximate surface area is 114 Å². The van der Waals surface area contributed by atoms with E-state index in [1.807, 2.05) is 36.4 Å². The van der Waals surface area contributed by atoms with Gasteiger partial charge in [0.1, 0.15) is 5.75 Å². The largest absolute Gasteiger partial charge is 2.00 e. The molecule has 2 aromatic carbocycles. The predicted octanol–water partition coefficient (Wildman–Crippen LogP) is -0.350. The fourth-order valence-corrected chi connectivity index (χ4v) is 1.23. The number of methoxy groups -OCH3 is 1. The third-order valence-corrected chi connectivity index (χ3v) is 1.89. The first-order chi connectivity index (χ1) is 5.90. The van der Waals surface area contributed by atoms with Crippen LogP contribution in [0.4, 0.5) is 0 Å². The Morgan fingerprint density at radius 3 is 2.64 bits per heavy atom. The molecule has 2 aromatic rings. The summed E-state index contributed by atoms with van der Waals surface area (Å²) in [5.74, 6) is 0.897. The third kappa shape index (κ3) is 2.95. The van der Waals surface area contributed by atoms with Crippen LogP contribution in [0.1, 0.15) is 0 Å². The van der Waals surface area contributed by atoms with Gasteiger partial charge in [-0.15, -0.1) is 16.8 Å². The van der Waals surface area contributed by atoms with Crippen molar-refractivity contribution in [1.29, 1.82) is 0 Å². The van der Waals surface area contributed by atoms with Gasteiger partial charge in [-0.2, -0.15) is 24.3 Å². The van der Waals surface area contributed by atoms with Crippen LogP contribution in [-0.2, 0) is 27.3 Å². The molecule has 0 N–H and O–H groups in total. The van der Waals surface area contributed by atoms with Crippen LogP contribution >= 0.6 is 0 Å². The van der Waals surface area contributed by atoms with Crippen LogP contribution in [0.3, 0.4) is 0 Å². The van der Waals surface area contributed by atoms with Crippen molar-refractivity contribution in [2.45, 2.75) is 0 Å². The summed E-state index contributed by atoms with van der Waals surface area (Å²) < 4.78 is 5.11. The Bertz CT molecular complexity index is 403. The van der Waals surface area contributed by atoms with Crippen LogP contribution in [0, 0.1) is 6.07 Å². The number of hydrogen-bond acceptors (Lipinski definition) is 1. The summed E-state index contributed by atoms with van der Waals surface area (Å²) in [6.07, 6.45) is 0. The molecule has 0 aliphatic rings. The van der Waals surface area contributed by atoms with Crippen molar-refractivity contribution in [2.24, 2.45) is 0 Å². The quantitative estimate of drug-likeness (QED) is 0.505. The van der Waals surface area contributed by atoms with E-state index < -0.39 is 0 Å². The molecule has 0 unspecified atom stereocenters. The number of hydrogen-bond donors (Lipinski definition) is 0. The number of ether oxygens (including phenoxy) is 1. The molecular formula is C11H9BrCdO. The summed E-state index contributed by atoms with van der Waals surface area (Å²) in [6.45, 7) is 0. The summed E-state index contributed by atoms with van der Waals surface area (Å²) in [4.78, 5) is 0. The van der Waals surface area contributed by atoms with Gasteiger partial charge in [-0.3, -0.25) is 0 Å². The fourth-order valence-electron chi connectivity index (χ4n) is 1.23. The van der Waals surface area contributed by atoms with E-state index in [0.29, 0.717) is 0 Å². The van der Waals surface area contributed by atoms with E-state index in [1.165, 1.54) is 10.8 Å². The van der Waals surface area contributed by atoms with E-state index in [2.05, 4.69) is 6.07 Å². The zero-order valence-electron chi connectivity index (χ0n) is 7.96. The molecule has 2 rings (SSSR count). The Balaban J connectivity index is 0.000000845. The van der Waals surface area contributed by atoms with E-state index >= 15 is 0 Å². The number of halogens is 1. The maximum absolute atomic E-state index is 5.11. The molecule has 0 heterocycles. The second-order valence-electron chi connectivity index (χ2n) is 2.64. The molecule has 3 heteroatoms. The maximum atomic E-state index is 5.11. The average molecular weight is 350 g/mol. The number of rotatable bonds is 1. The summed E-state index contributed by atoms with van der Waals surface area (Å²) in [5, 5.41) is 2.38. The van der Waals surface area contributed by atoms with Crippen molar-refractivity contribution in [2.75, 3.05) is 7.11 Å². The Kier molecular flexibility index (Phi) is 6.35. The molecular weight excluding hydrogens is 340 g/mol. The normalized spacial score (nSPS) is 8.64. The minimum absolute atomic E-state index is 0. The maximum Gasteiger partial charge on any atom is 2.00 e. The van der Waals surface area contributed by atoms with Crippen molar-refractivity contribution in [1.82, 2.24) is 0 Å². The van der Waals surface area contributed by atoms with E-state index in [4.69, 9.17) is 4.74 Å². The van der Waals surface area contributed by atoms with Gasteiger partial charge in [-0.05, 0) is 12.1 Å². The van der Waals surface area contributed by atoms with Gasteiger partial charge >= 0.3 is 27.3 Å². The molecule has 1 nitrogen and oxygen atoms in total. The zero-order valence-corrected chi connectivity index (χ0v) is 13.6. The monoisotopic (exact) mass is 350 g/mol. The summed E-state index contributed by atoms with van der Waals surface area (Å²) in [7, 11) is 1.68. The van der Waals surface area contributed by atoms with Crippen molar-refractivity contribution in [3.05, 3.63) is 42.5 Å². The smallest absolute Gasteiger partial charge is 1.00 e. The van der Waals surface area contributed by atoms with Crippen LogP contribution in [0.2, 0.25) is 0 Å². The van der Waals surface area contributed by atoms with Gasteiger partial charge in [-0.25, -0.2) is 0 Å². The van der Waals surface area contributed by atoms with Crippen LogP contribution in [0.25, 0.3) is 10.8 Å². The van der Waals surface area contributed by atoms with E-state index in [0.717, 1.165) is 5.75 Å². The summed E-state index contributed by atoms with van der Waals surface area (Å²) in [6, 6.07) is 14.9. The molecule has 0 radical (unpaired) electrons. The molecule has 14 heavy (non-hydrogen) atoms. The van der Waals surface area contributed by atoms with Gasteiger partial charge in [-0.1, -0.05) is 0 Å². The fraction of sp³-hybridized carbons (Fsp3) is 0.0909. The molecule has 0 amide bonds. The summed E-state index contributed by atoms with van der Waals surface area (Å²) in [5.41, 5.74) is 0. The molecule has 68 valence electrons. The molecule has 0 aliphatic carbocycles. The van der Waals surface area contributed by atoms with Gasteiger partial charge < -0.3 is 21.7 Å². The molecule has 0 atom stereocenters. The van der Waals surface area contributed by atoms with Crippen molar-refractivity contribution < 1.29 is 49.0 Å². The van der Waals surface area contributed by atoms with Crippen LogP contribution in [0.5, 0.6) is 5.75 Å². The van der Waals surface area contributed by atoms with Gasteiger partial charge in [0.15, 0.2) is 0 Å². The van der Waals surface area contributed by atoms with Crippen LogP contribution in [0.15, 0.2) is 36.4 Å². The van der Waals surface area contributed by atoms with Gasteiger partial charge in [0.25, 0.3) is 0 Å². The molecule has 0 aromatic heterocycles. The van der Waals surface area contributed by atoms with Gasteiger partial charge in [0.2, 0.25) is 0 Å². The summed E-state index contributed by atoms with van der Waals surface area (Å²) >= 11 is 0. The minimum Gasteiger partial charge on any atom is -1.00 e. The van der Waals surface area contributed by atoms with E-state index in [9.17, 15) is 0 Å². The zero-order chi connectivity index (χ0) is 8.39. The molecule has 0 saturated heterocycles. The first-order valence-corrected chi connectivity index (χ1v) is 3.84. The van der Waals surface area contributed by atoms with E-state index in [1.54, 1.807) is 7.11 Å². The Morgan fingerprint density at radius 1 is 1.14 bits per heavy atom. The second-order valence-corrected chi connectivity index (χ2v) is 2.64. The van der Waals surface area contributed by atoms with Crippen LogP contribution < -0.4 is 21.7 Å². The molecule has 0 fully saturated rings. The average Bonchev–Trinajstić information content (AvgIpc) is 2.17. The molecule has 0 bridgehead atoms. The SMILES string of the molecule is COc1ccc2c[c-]ccc2c1.[Br-].[Cd+2]. The second kappa shape index (κ2) is 6.40. The first-order valence-electron chi connectivity index (χ1n) is 3.84. The third-order valence-electron chi connectivity index (χ3n) is 1.89. The standard InChI is InChI=1S/C11H9O.BrH.Cd/c1-12-11-7-6-9-4-2-3-5-10(9)8-11;;/h3-8H,1H3;1H;/q-1;;+2/p-1. The van der Waals surface area contributed by atoms with Gasteiger partial charge in [0.05, 0.1) is 7.11 Å². The minimum atomic E-state index is 0. The van der Waals surface area contributed by atoms with Crippen molar-refractivity contribution >= 4 is 10.8 Å².